The lowest BCUT2D eigenvalue weighted by Crippen LogP contribution is -2.46. The maximum Gasteiger partial charge on any atom is 0.233 e. The molecule has 1 saturated heterocycles. The van der Waals surface area contributed by atoms with Gasteiger partial charge in [-0.25, -0.2) is 0 Å². The third kappa shape index (κ3) is 7.09. The highest BCUT2D eigenvalue weighted by Crippen LogP contribution is 2.17. The van der Waals surface area contributed by atoms with Crippen LogP contribution < -0.4 is 11.1 Å². The second kappa shape index (κ2) is 9.95. The Morgan fingerprint density at radius 1 is 1.41 bits per heavy atom. The van der Waals surface area contributed by atoms with Crippen LogP contribution in [0.25, 0.3) is 0 Å². The van der Waals surface area contributed by atoms with Crippen LogP contribution in [-0.2, 0) is 4.79 Å². The van der Waals surface area contributed by atoms with E-state index in [2.05, 4.69) is 24.1 Å². The summed E-state index contributed by atoms with van der Waals surface area (Å²) in [5.74, 6) is 0.791. The van der Waals surface area contributed by atoms with E-state index in [-0.39, 0.29) is 37.3 Å². The van der Waals surface area contributed by atoms with E-state index in [1.807, 2.05) is 0 Å². The van der Waals surface area contributed by atoms with Gasteiger partial charge in [0.2, 0.25) is 5.91 Å². The van der Waals surface area contributed by atoms with E-state index in [1.54, 1.807) is 0 Å². The number of hydrogen-bond donors (Lipinski definition) is 2. The highest BCUT2D eigenvalue weighted by Gasteiger charge is 2.20. The van der Waals surface area contributed by atoms with Crippen LogP contribution in [0.5, 0.6) is 0 Å². The standard InChI is InChI=1S/C11H23N3O.2ClH/c1-9-3-5-14(6-4-9)10(2)8-13-11(15)7-12;;/h9-10H,3-8,12H2,1-2H3,(H,13,15);2*1H. The summed E-state index contributed by atoms with van der Waals surface area (Å²) in [6.07, 6.45) is 2.55. The van der Waals surface area contributed by atoms with Gasteiger partial charge < -0.3 is 11.1 Å². The molecule has 17 heavy (non-hydrogen) atoms. The Kier molecular flexibility index (Phi) is 11.3. The van der Waals surface area contributed by atoms with Gasteiger partial charge in [-0.3, -0.25) is 9.69 Å². The van der Waals surface area contributed by atoms with Gasteiger partial charge in [0.1, 0.15) is 0 Å². The summed E-state index contributed by atoms with van der Waals surface area (Å²) < 4.78 is 0. The Labute approximate surface area is 117 Å². The maximum atomic E-state index is 11.0. The Bertz CT molecular complexity index is 209. The Morgan fingerprint density at radius 2 is 1.94 bits per heavy atom. The highest BCUT2D eigenvalue weighted by molar-refractivity contribution is 5.85. The SMILES string of the molecule is CC1CCN(C(C)CNC(=O)CN)CC1.Cl.Cl. The molecule has 1 unspecified atom stereocenters. The third-order valence-corrected chi connectivity index (χ3v) is 3.22. The summed E-state index contributed by atoms with van der Waals surface area (Å²) in [5.41, 5.74) is 5.23. The molecule has 0 saturated carbocycles. The molecule has 1 amide bonds. The molecule has 6 heteroatoms. The Hall–Kier alpha value is -0.0300. The van der Waals surface area contributed by atoms with E-state index < -0.39 is 0 Å². The number of hydrogen-bond acceptors (Lipinski definition) is 3. The number of carbonyl (C=O) groups excluding carboxylic acids is 1. The first-order chi connectivity index (χ1) is 7.13. The first-order valence-electron chi connectivity index (χ1n) is 5.84. The van der Waals surface area contributed by atoms with Crippen molar-refractivity contribution in [3.8, 4) is 0 Å². The lowest BCUT2D eigenvalue weighted by atomic mass is 9.98. The van der Waals surface area contributed by atoms with Crippen molar-refractivity contribution in [2.75, 3.05) is 26.2 Å². The average molecular weight is 286 g/mol. The van der Waals surface area contributed by atoms with Crippen LogP contribution in [0.15, 0.2) is 0 Å². The van der Waals surface area contributed by atoms with Gasteiger partial charge in [-0.2, -0.15) is 0 Å². The average Bonchev–Trinajstić information content (AvgIpc) is 2.26. The van der Waals surface area contributed by atoms with Gasteiger partial charge in [0.25, 0.3) is 0 Å². The number of nitrogens with one attached hydrogen (secondary N) is 1. The van der Waals surface area contributed by atoms with Crippen molar-refractivity contribution < 1.29 is 4.79 Å². The second-order valence-corrected chi connectivity index (χ2v) is 4.58. The predicted molar refractivity (Wildman–Crippen MR) is 76.0 cm³/mol. The van der Waals surface area contributed by atoms with Crippen LogP contribution in [0.3, 0.4) is 0 Å². The van der Waals surface area contributed by atoms with Gasteiger partial charge in [-0.1, -0.05) is 6.92 Å². The van der Waals surface area contributed by atoms with Crippen molar-refractivity contribution in [3.05, 3.63) is 0 Å². The van der Waals surface area contributed by atoms with E-state index in [9.17, 15) is 4.79 Å². The normalized spacial score (nSPS) is 18.8. The quantitative estimate of drug-likeness (QED) is 0.811. The number of amides is 1. The summed E-state index contributed by atoms with van der Waals surface area (Å²) in [6, 6.07) is 0.424. The van der Waals surface area contributed by atoms with E-state index in [0.29, 0.717) is 12.6 Å². The van der Waals surface area contributed by atoms with Gasteiger partial charge in [0, 0.05) is 12.6 Å². The number of piperidine rings is 1. The molecular weight excluding hydrogens is 261 g/mol. The minimum atomic E-state index is -0.0628. The zero-order valence-electron chi connectivity index (χ0n) is 10.6. The lowest BCUT2D eigenvalue weighted by Gasteiger charge is -2.34. The summed E-state index contributed by atoms with van der Waals surface area (Å²) >= 11 is 0. The molecule has 1 atom stereocenters. The molecular formula is C11H25Cl2N3O. The molecule has 0 aliphatic carbocycles. The minimum Gasteiger partial charge on any atom is -0.353 e. The molecule has 1 aliphatic heterocycles. The molecule has 0 bridgehead atoms. The zero-order valence-corrected chi connectivity index (χ0v) is 12.3. The number of likely N-dealkylation sites (tertiary alicyclic amines) is 1. The van der Waals surface area contributed by atoms with Crippen molar-refractivity contribution in [2.45, 2.75) is 32.7 Å². The van der Waals surface area contributed by atoms with Gasteiger partial charge in [-0.05, 0) is 38.8 Å². The first-order valence-corrected chi connectivity index (χ1v) is 5.84. The monoisotopic (exact) mass is 285 g/mol. The minimum absolute atomic E-state index is 0. The molecule has 4 nitrogen and oxygen atoms in total. The van der Waals surface area contributed by atoms with Crippen LogP contribution in [0.1, 0.15) is 26.7 Å². The third-order valence-electron chi connectivity index (χ3n) is 3.22. The number of nitrogens with two attached hydrogens (primary N) is 1. The topological polar surface area (TPSA) is 58.4 Å². The van der Waals surface area contributed by atoms with Gasteiger partial charge in [-0.15, -0.1) is 24.8 Å². The molecule has 3 N–H and O–H groups in total. The van der Waals surface area contributed by atoms with E-state index in [1.165, 1.54) is 12.8 Å². The number of carbonyl (C=O) groups is 1. The summed E-state index contributed by atoms with van der Waals surface area (Å²) in [7, 11) is 0. The summed E-state index contributed by atoms with van der Waals surface area (Å²) in [4.78, 5) is 13.4. The molecule has 0 aromatic rings. The van der Waals surface area contributed by atoms with Crippen molar-refractivity contribution >= 4 is 30.7 Å². The van der Waals surface area contributed by atoms with E-state index >= 15 is 0 Å². The lowest BCUT2D eigenvalue weighted by molar-refractivity contribution is -0.120. The fourth-order valence-corrected chi connectivity index (χ4v) is 1.93. The van der Waals surface area contributed by atoms with Crippen LogP contribution in [0.4, 0.5) is 0 Å². The molecule has 104 valence electrons. The Balaban J connectivity index is 0. The van der Waals surface area contributed by atoms with Crippen molar-refractivity contribution in [2.24, 2.45) is 11.7 Å². The molecule has 1 heterocycles. The number of rotatable bonds is 4. The smallest absolute Gasteiger partial charge is 0.233 e. The summed E-state index contributed by atoms with van der Waals surface area (Å²) in [5, 5.41) is 2.84. The van der Waals surface area contributed by atoms with Crippen LogP contribution in [0, 0.1) is 5.92 Å². The van der Waals surface area contributed by atoms with E-state index in [4.69, 9.17) is 5.73 Å². The van der Waals surface area contributed by atoms with Gasteiger partial charge >= 0.3 is 0 Å². The van der Waals surface area contributed by atoms with Crippen molar-refractivity contribution in [1.82, 2.24) is 10.2 Å². The Morgan fingerprint density at radius 3 is 2.41 bits per heavy atom. The molecule has 1 aliphatic rings. The fourth-order valence-electron chi connectivity index (χ4n) is 1.93. The van der Waals surface area contributed by atoms with Crippen molar-refractivity contribution in [1.29, 1.82) is 0 Å². The number of nitrogens with zero attached hydrogens (tertiary/aromatic N) is 1. The highest BCUT2D eigenvalue weighted by atomic mass is 35.5. The van der Waals surface area contributed by atoms with Crippen LogP contribution in [0.2, 0.25) is 0 Å². The van der Waals surface area contributed by atoms with Gasteiger partial charge in [0.05, 0.1) is 6.54 Å². The molecule has 0 spiro atoms. The molecule has 0 aromatic carbocycles. The molecule has 1 fully saturated rings. The fraction of sp³-hybridized carbons (Fsp3) is 0.909. The first kappa shape index (κ1) is 19.3. The van der Waals surface area contributed by atoms with Crippen molar-refractivity contribution in [3.63, 3.8) is 0 Å². The van der Waals surface area contributed by atoms with Crippen LogP contribution in [-0.4, -0.2) is 43.0 Å². The van der Waals surface area contributed by atoms with Gasteiger partial charge in [0.15, 0.2) is 0 Å². The van der Waals surface area contributed by atoms with Crippen LogP contribution >= 0.6 is 24.8 Å². The molecule has 0 radical (unpaired) electrons. The summed E-state index contributed by atoms with van der Waals surface area (Å²) in [6.45, 7) is 7.57. The largest absolute Gasteiger partial charge is 0.353 e. The molecule has 0 aromatic heterocycles. The zero-order chi connectivity index (χ0) is 11.3. The molecule has 1 rings (SSSR count). The second-order valence-electron chi connectivity index (χ2n) is 4.58. The number of halogens is 2. The predicted octanol–water partition coefficient (Wildman–Crippen LogP) is 1.03. The maximum absolute atomic E-state index is 11.0. The van der Waals surface area contributed by atoms with E-state index in [0.717, 1.165) is 19.0 Å².